The molecule has 164 valence electrons. The van der Waals surface area contributed by atoms with Crippen molar-refractivity contribution < 1.29 is 0 Å². The molecular formula is C21H30ClIN6O. The Bertz CT molecular complexity index is 949. The second kappa shape index (κ2) is 10.2. The zero-order valence-corrected chi connectivity index (χ0v) is 20.5. The van der Waals surface area contributed by atoms with Crippen LogP contribution < -0.4 is 16.3 Å². The Morgan fingerprint density at radius 2 is 2.13 bits per heavy atom. The molecule has 1 fully saturated rings. The Morgan fingerprint density at radius 1 is 1.30 bits per heavy atom. The summed E-state index contributed by atoms with van der Waals surface area (Å²) < 4.78 is 3.43. The molecule has 0 amide bonds. The van der Waals surface area contributed by atoms with E-state index in [4.69, 9.17) is 11.6 Å². The zero-order chi connectivity index (χ0) is 20.3. The lowest BCUT2D eigenvalue weighted by molar-refractivity contribution is 0.509. The molecule has 0 bridgehead atoms. The van der Waals surface area contributed by atoms with E-state index < -0.39 is 0 Å². The van der Waals surface area contributed by atoms with E-state index in [2.05, 4.69) is 32.9 Å². The highest BCUT2D eigenvalue weighted by Gasteiger charge is 2.44. The number of halogens is 2. The number of guanidine groups is 1. The summed E-state index contributed by atoms with van der Waals surface area (Å²) in [4.78, 5) is 16.7. The first-order valence-electron chi connectivity index (χ1n) is 10.5. The number of hydrogen-bond acceptors (Lipinski definition) is 3. The number of nitrogens with one attached hydrogen (secondary N) is 2. The van der Waals surface area contributed by atoms with E-state index in [9.17, 15) is 4.79 Å². The van der Waals surface area contributed by atoms with Gasteiger partial charge in [0, 0.05) is 50.1 Å². The van der Waals surface area contributed by atoms with E-state index in [1.54, 1.807) is 11.7 Å². The van der Waals surface area contributed by atoms with Crippen LogP contribution in [0.4, 0.5) is 0 Å². The molecule has 2 N–H and O–H groups in total. The number of benzene rings is 1. The first-order chi connectivity index (χ1) is 14.1. The van der Waals surface area contributed by atoms with Crippen LogP contribution in [0.25, 0.3) is 0 Å². The molecule has 0 spiro atoms. The molecule has 1 aliphatic heterocycles. The SMILES string of the molecule is CN=C(NCCCn1nc2n(c1=O)CCCC2)NCC1(c2cccc(Cl)c2)CC1.I. The minimum absolute atomic E-state index is 0. The smallest absolute Gasteiger partial charge is 0.345 e. The van der Waals surface area contributed by atoms with Crippen LogP contribution in [0.2, 0.25) is 5.02 Å². The summed E-state index contributed by atoms with van der Waals surface area (Å²) in [6.45, 7) is 2.99. The van der Waals surface area contributed by atoms with Crippen molar-refractivity contribution >= 4 is 41.5 Å². The molecular weight excluding hydrogens is 515 g/mol. The zero-order valence-electron chi connectivity index (χ0n) is 17.4. The summed E-state index contributed by atoms with van der Waals surface area (Å²) in [6, 6.07) is 8.14. The van der Waals surface area contributed by atoms with Crippen LogP contribution in [0.15, 0.2) is 34.1 Å². The number of hydrogen-bond donors (Lipinski definition) is 2. The van der Waals surface area contributed by atoms with E-state index in [0.29, 0.717) is 6.54 Å². The Morgan fingerprint density at radius 3 is 2.83 bits per heavy atom. The molecule has 1 aliphatic carbocycles. The second-order valence-electron chi connectivity index (χ2n) is 8.03. The van der Waals surface area contributed by atoms with Crippen LogP contribution in [-0.2, 0) is 24.9 Å². The van der Waals surface area contributed by atoms with Crippen molar-refractivity contribution in [2.24, 2.45) is 4.99 Å². The van der Waals surface area contributed by atoms with Gasteiger partial charge in [0.2, 0.25) is 0 Å². The average molecular weight is 545 g/mol. The van der Waals surface area contributed by atoms with Crippen LogP contribution in [0.1, 0.15) is 43.5 Å². The molecule has 1 aromatic carbocycles. The van der Waals surface area contributed by atoms with Gasteiger partial charge in [-0.25, -0.2) is 9.48 Å². The molecule has 0 radical (unpaired) electrons. The third-order valence-electron chi connectivity index (χ3n) is 5.98. The topological polar surface area (TPSA) is 76.2 Å². The third kappa shape index (κ3) is 5.19. The van der Waals surface area contributed by atoms with Crippen LogP contribution in [0.5, 0.6) is 0 Å². The highest BCUT2D eigenvalue weighted by Crippen LogP contribution is 2.48. The summed E-state index contributed by atoms with van der Waals surface area (Å²) in [5.41, 5.74) is 1.47. The van der Waals surface area contributed by atoms with E-state index in [0.717, 1.165) is 75.0 Å². The standard InChI is InChI=1S/C21H29ClN6O.HI/c1-23-19(25-15-21(9-10-21)16-6-4-7-17(22)14-16)24-11-5-13-28-20(29)27-12-3-2-8-18(27)26-28;/h4,6-7,14H,2-3,5,8-13,15H2,1H3,(H2,23,24,25);1H. The first-order valence-corrected chi connectivity index (χ1v) is 10.9. The summed E-state index contributed by atoms with van der Waals surface area (Å²) in [6.07, 6.45) is 6.23. The second-order valence-corrected chi connectivity index (χ2v) is 8.46. The van der Waals surface area contributed by atoms with Crippen molar-refractivity contribution in [2.75, 3.05) is 20.1 Å². The molecule has 9 heteroatoms. The number of nitrogens with zero attached hydrogens (tertiary/aromatic N) is 4. The van der Waals surface area contributed by atoms with Gasteiger partial charge in [0.25, 0.3) is 0 Å². The average Bonchev–Trinajstić information content (AvgIpc) is 3.47. The third-order valence-corrected chi connectivity index (χ3v) is 6.21. The van der Waals surface area contributed by atoms with Gasteiger partial charge in [0.1, 0.15) is 5.82 Å². The van der Waals surface area contributed by atoms with E-state index in [-0.39, 0.29) is 35.1 Å². The lowest BCUT2D eigenvalue weighted by Gasteiger charge is -2.19. The summed E-state index contributed by atoms with van der Waals surface area (Å²) >= 11 is 6.16. The van der Waals surface area contributed by atoms with Crippen molar-refractivity contribution in [3.8, 4) is 0 Å². The highest BCUT2D eigenvalue weighted by atomic mass is 127. The predicted octanol–water partition coefficient (Wildman–Crippen LogP) is 2.94. The van der Waals surface area contributed by atoms with Gasteiger partial charge in [0.05, 0.1) is 0 Å². The van der Waals surface area contributed by atoms with E-state index in [1.807, 2.05) is 16.7 Å². The molecule has 0 atom stereocenters. The molecule has 2 heterocycles. The van der Waals surface area contributed by atoms with E-state index >= 15 is 0 Å². The monoisotopic (exact) mass is 544 g/mol. The van der Waals surface area contributed by atoms with Gasteiger partial charge in [0.15, 0.2) is 5.96 Å². The molecule has 30 heavy (non-hydrogen) atoms. The molecule has 1 saturated carbocycles. The maximum atomic E-state index is 12.4. The largest absolute Gasteiger partial charge is 0.356 e. The van der Waals surface area contributed by atoms with Crippen molar-refractivity contribution in [3.05, 3.63) is 51.2 Å². The summed E-state index contributed by atoms with van der Waals surface area (Å²) in [7, 11) is 1.78. The normalized spacial score (nSPS) is 17.1. The molecule has 7 nitrogen and oxygen atoms in total. The van der Waals surface area contributed by atoms with Gasteiger partial charge < -0.3 is 10.6 Å². The van der Waals surface area contributed by atoms with Crippen molar-refractivity contribution in [1.29, 1.82) is 0 Å². The Kier molecular flexibility index (Phi) is 7.84. The van der Waals surface area contributed by atoms with Gasteiger partial charge in [-0.05, 0) is 49.8 Å². The van der Waals surface area contributed by atoms with Gasteiger partial charge >= 0.3 is 5.69 Å². The predicted molar refractivity (Wildman–Crippen MR) is 131 cm³/mol. The lowest BCUT2D eigenvalue weighted by Crippen LogP contribution is -2.41. The van der Waals surface area contributed by atoms with E-state index in [1.165, 1.54) is 5.56 Å². The number of fused-ring (bicyclic) bond motifs is 1. The first kappa shape index (κ1) is 23.1. The van der Waals surface area contributed by atoms with Gasteiger partial charge in [-0.15, -0.1) is 24.0 Å². The molecule has 0 saturated heterocycles. The highest BCUT2D eigenvalue weighted by molar-refractivity contribution is 14.0. The quantitative estimate of drug-likeness (QED) is 0.243. The van der Waals surface area contributed by atoms with Crippen LogP contribution >= 0.6 is 35.6 Å². The summed E-state index contributed by atoms with van der Waals surface area (Å²) in [5, 5.41) is 12.1. The molecule has 1 aromatic heterocycles. The van der Waals surface area contributed by atoms with Crippen molar-refractivity contribution in [3.63, 3.8) is 0 Å². The Hall–Kier alpha value is -1.55. The fourth-order valence-corrected chi connectivity index (χ4v) is 4.23. The number of rotatable bonds is 7. The molecule has 2 aromatic rings. The molecule has 0 unspecified atom stereocenters. The minimum atomic E-state index is 0. The maximum absolute atomic E-state index is 12.4. The van der Waals surface area contributed by atoms with Crippen LogP contribution in [-0.4, -0.2) is 40.4 Å². The number of aliphatic imine (C=N–C) groups is 1. The number of aromatic nitrogens is 3. The Balaban J connectivity index is 0.00000256. The minimum Gasteiger partial charge on any atom is -0.356 e. The molecule has 4 rings (SSSR count). The van der Waals surface area contributed by atoms with Gasteiger partial charge in [-0.3, -0.25) is 9.56 Å². The van der Waals surface area contributed by atoms with Crippen molar-refractivity contribution in [2.45, 2.75) is 57.0 Å². The molecule has 2 aliphatic rings. The summed E-state index contributed by atoms with van der Waals surface area (Å²) in [5.74, 6) is 1.72. The van der Waals surface area contributed by atoms with Gasteiger partial charge in [-0.2, -0.15) is 5.10 Å². The fraction of sp³-hybridized carbons (Fsp3) is 0.571. The fourth-order valence-electron chi connectivity index (χ4n) is 4.04. The van der Waals surface area contributed by atoms with Crippen LogP contribution in [0.3, 0.4) is 0 Å². The maximum Gasteiger partial charge on any atom is 0.345 e. The Labute approximate surface area is 199 Å². The van der Waals surface area contributed by atoms with Crippen molar-refractivity contribution in [1.82, 2.24) is 25.0 Å². The lowest BCUT2D eigenvalue weighted by atomic mass is 9.96. The number of aryl methyl sites for hydroxylation is 2. The van der Waals surface area contributed by atoms with Gasteiger partial charge in [-0.1, -0.05) is 23.7 Å². The van der Waals surface area contributed by atoms with Crippen LogP contribution in [0, 0.1) is 0 Å².